The highest BCUT2D eigenvalue weighted by molar-refractivity contribution is 7.98. The normalized spacial score (nSPS) is 11.1. The molecule has 0 aliphatic rings. The summed E-state index contributed by atoms with van der Waals surface area (Å²) in [5.74, 6) is 2.10. The zero-order valence-electron chi connectivity index (χ0n) is 11.2. The summed E-state index contributed by atoms with van der Waals surface area (Å²) in [6, 6.07) is 12.2. The molecule has 0 amide bonds. The Morgan fingerprint density at radius 3 is 2.90 bits per heavy atom. The Morgan fingerprint density at radius 1 is 1.10 bits per heavy atom. The van der Waals surface area contributed by atoms with Gasteiger partial charge in [0.15, 0.2) is 5.82 Å². The van der Waals surface area contributed by atoms with Crippen molar-refractivity contribution in [2.24, 2.45) is 0 Å². The average molecular weight is 285 g/mol. The second kappa shape index (κ2) is 6.05. The van der Waals surface area contributed by atoms with Crippen molar-refractivity contribution in [2.75, 3.05) is 0 Å². The van der Waals surface area contributed by atoms with Gasteiger partial charge in [-0.05, 0) is 18.6 Å². The van der Waals surface area contributed by atoms with Gasteiger partial charge in [-0.2, -0.15) is 4.98 Å². The second-order valence-corrected chi connectivity index (χ2v) is 5.48. The maximum absolute atomic E-state index is 5.22. The van der Waals surface area contributed by atoms with E-state index < -0.39 is 0 Å². The van der Waals surface area contributed by atoms with Gasteiger partial charge in [0, 0.05) is 11.8 Å². The van der Waals surface area contributed by atoms with Crippen LogP contribution >= 0.6 is 11.8 Å². The molecule has 0 aliphatic carbocycles. The van der Waals surface area contributed by atoms with Crippen LogP contribution in [0.25, 0.3) is 10.9 Å². The zero-order valence-corrected chi connectivity index (χ0v) is 12.1. The molecule has 4 nitrogen and oxygen atoms in total. The molecule has 0 fully saturated rings. The lowest BCUT2D eigenvalue weighted by atomic mass is 10.2. The molecule has 3 aromatic rings. The number of aromatic nitrogens is 3. The summed E-state index contributed by atoms with van der Waals surface area (Å²) in [7, 11) is 0. The molecule has 2 heterocycles. The fourth-order valence-electron chi connectivity index (χ4n) is 1.94. The predicted octanol–water partition coefficient (Wildman–Crippen LogP) is 3.86. The van der Waals surface area contributed by atoms with Crippen LogP contribution in [0.15, 0.2) is 45.9 Å². The number of rotatable bonds is 5. The minimum atomic E-state index is 0.655. The second-order valence-electron chi connectivity index (χ2n) is 4.49. The van der Waals surface area contributed by atoms with Crippen LogP contribution in [0.5, 0.6) is 0 Å². The summed E-state index contributed by atoms with van der Waals surface area (Å²) in [5, 5.41) is 6.07. The van der Waals surface area contributed by atoms with Crippen LogP contribution in [-0.2, 0) is 12.2 Å². The lowest BCUT2D eigenvalue weighted by Crippen LogP contribution is -1.87. The Morgan fingerprint density at radius 2 is 2.00 bits per heavy atom. The van der Waals surface area contributed by atoms with Gasteiger partial charge in [0.2, 0.25) is 5.89 Å². The van der Waals surface area contributed by atoms with Crippen molar-refractivity contribution in [2.45, 2.75) is 30.5 Å². The molecule has 0 bridgehead atoms. The fourth-order valence-corrected chi connectivity index (χ4v) is 2.65. The van der Waals surface area contributed by atoms with Crippen molar-refractivity contribution in [3.63, 3.8) is 0 Å². The standard InChI is InChI=1S/C15H15N3OS/c1-2-5-13-17-14(19-18-13)10-20-15-9-8-11-6-3-4-7-12(11)16-15/h3-4,6-9H,2,5,10H2,1H3. The lowest BCUT2D eigenvalue weighted by Gasteiger charge is -2.00. The number of fused-ring (bicyclic) bond motifs is 1. The van der Waals surface area contributed by atoms with Crippen molar-refractivity contribution in [1.29, 1.82) is 0 Å². The minimum Gasteiger partial charge on any atom is -0.338 e. The molecular formula is C15H15N3OS. The molecule has 20 heavy (non-hydrogen) atoms. The number of aryl methyl sites for hydroxylation is 1. The molecule has 0 spiro atoms. The molecule has 0 unspecified atom stereocenters. The molecule has 0 atom stereocenters. The van der Waals surface area contributed by atoms with Crippen LogP contribution in [0.1, 0.15) is 25.1 Å². The highest BCUT2D eigenvalue weighted by Crippen LogP contribution is 2.22. The van der Waals surface area contributed by atoms with Crippen LogP contribution in [-0.4, -0.2) is 15.1 Å². The van der Waals surface area contributed by atoms with Gasteiger partial charge in [-0.15, -0.1) is 0 Å². The first kappa shape index (κ1) is 13.1. The Kier molecular flexibility index (Phi) is 3.97. The largest absolute Gasteiger partial charge is 0.338 e. The predicted molar refractivity (Wildman–Crippen MR) is 79.6 cm³/mol. The summed E-state index contributed by atoms with van der Waals surface area (Å²) in [6.45, 7) is 2.10. The van der Waals surface area contributed by atoms with E-state index in [1.54, 1.807) is 11.8 Å². The molecule has 2 aromatic heterocycles. The third-order valence-electron chi connectivity index (χ3n) is 2.90. The average Bonchev–Trinajstić information content (AvgIpc) is 2.93. The van der Waals surface area contributed by atoms with E-state index in [0.29, 0.717) is 11.6 Å². The number of hydrogen-bond acceptors (Lipinski definition) is 5. The van der Waals surface area contributed by atoms with Crippen molar-refractivity contribution in [3.05, 3.63) is 48.1 Å². The maximum Gasteiger partial charge on any atom is 0.237 e. The Labute approximate surface area is 121 Å². The van der Waals surface area contributed by atoms with Gasteiger partial charge in [-0.1, -0.05) is 48.1 Å². The minimum absolute atomic E-state index is 0.655. The maximum atomic E-state index is 5.22. The fraction of sp³-hybridized carbons (Fsp3) is 0.267. The van der Waals surface area contributed by atoms with Gasteiger partial charge in [-0.3, -0.25) is 0 Å². The monoisotopic (exact) mass is 285 g/mol. The van der Waals surface area contributed by atoms with E-state index in [1.165, 1.54) is 0 Å². The molecule has 0 aliphatic heterocycles. The number of para-hydroxylation sites is 1. The molecule has 5 heteroatoms. The molecule has 0 saturated carbocycles. The quantitative estimate of drug-likeness (QED) is 0.666. The van der Waals surface area contributed by atoms with Crippen molar-refractivity contribution in [1.82, 2.24) is 15.1 Å². The molecule has 3 rings (SSSR count). The summed E-state index contributed by atoms with van der Waals surface area (Å²) >= 11 is 1.61. The first-order valence-corrected chi connectivity index (χ1v) is 7.64. The Hall–Kier alpha value is -1.88. The summed E-state index contributed by atoms with van der Waals surface area (Å²) < 4.78 is 5.22. The third-order valence-corrected chi connectivity index (χ3v) is 3.81. The first-order chi connectivity index (χ1) is 9.85. The number of benzene rings is 1. The van der Waals surface area contributed by atoms with Gasteiger partial charge in [0.25, 0.3) is 0 Å². The van der Waals surface area contributed by atoms with Gasteiger partial charge >= 0.3 is 0 Å². The van der Waals surface area contributed by atoms with Crippen LogP contribution in [0.2, 0.25) is 0 Å². The van der Waals surface area contributed by atoms with Crippen LogP contribution in [0.4, 0.5) is 0 Å². The Bertz CT molecular complexity index is 711. The summed E-state index contributed by atoms with van der Waals surface area (Å²) in [6.07, 6.45) is 1.89. The first-order valence-electron chi connectivity index (χ1n) is 6.65. The van der Waals surface area contributed by atoms with E-state index in [1.807, 2.05) is 24.3 Å². The molecule has 0 radical (unpaired) electrons. The highest BCUT2D eigenvalue weighted by atomic mass is 32.2. The molecule has 0 N–H and O–H groups in total. The van der Waals surface area contributed by atoms with E-state index in [0.717, 1.165) is 34.6 Å². The van der Waals surface area contributed by atoms with E-state index in [-0.39, 0.29) is 0 Å². The smallest absolute Gasteiger partial charge is 0.237 e. The molecule has 0 saturated heterocycles. The van der Waals surface area contributed by atoms with E-state index in [4.69, 9.17) is 4.52 Å². The number of hydrogen-bond donors (Lipinski definition) is 0. The number of thioether (sulfide) groups is 1. The van der Waals surface area contributed by atoms with Crippen LogP contribution < -0.4 is 0 Å². The van der Waals surface area contributed by atoms with Crippen molar-refractivity contribution < 1.29 is 4.52 Å². The topological polar surface area (TPSA) is 51.8 Å². The van der Waals surface area contributed by atoms with Gasteiger partial charge in [0.05, 0.1) is 16.3 Å². The van der Waals surface area contributed by atoms with Gasteiger partial charge < -0.3 is 4.52 Å². The van der Waals surface area contributed by atoms with Crippen LogP contribution in [0, 0.1) is 0 Å². The Balaban J connectivity index is 1.69. The van der Waals surface area contributed by atoms with Gasteiger partial charge in [0.1, 0.15) is 0 Å². The molecular weight excluding hydrogens is 270 g/mol. The van der Waals surface area contributed by atoms with Crippen LogP contribution in [0.3, 0.4) is 0 Å². The number of pyridine rings is 1. The van der Waals surface area contributed by atoms with E-state index in [9.17, 15) is 0 Å². The highest BCUT2D eigenvalue weighted by Gasteiger charge is 2.07. The van der Waals surface area contributed by atoms with Crippen molar-refractivity contribution in [3.8, 4) is 0 Å². The SMILES string of the molecule is CCCc1noc(CSc2ccc3ccccc3n2)n1. The van der Waals surface area contributed by atoms with E-state index >= 15 is 0 Å². The van der Waals surface area contributed by atoms with Crippen molar-refractivity contribution >= 4 is 22.7 Å². The lowest BCUT2D eigenvalue weighted by molar-refractivity contribution is 0.384. The summed E-state index contributed by atoms with van der Waals surface area (Å²) in [5.41, 5.74) is 1.01. The number of nitrogens with zero attached hydrogens (tertiary/aromatic N) is 3. The molecule has 1 aromatic carbocycles. The van der Waals surface area contributed by atoms with E-state index in [2.05, 4.69) is 34.2 Å². The zero-order chi connectivity index (χ0) is 13.8. The summed E-state index contributed by atoms with van der Waals surface area (Å²) in [4.78, 5) is 8.96. The molecule has 102 valence electrons. The third kappa shape index (κ3) is 2.99. The van der Waals surface area contributed by atoms with Gasteiger partial charge in [-0.25, -0.2) is 4.98 Å².